The Morgan fingerprint density at radius 3 is 2.24 bits per heavy atom. The van der Waals surface area contributed by atoms with Crippen LogP contribution in [0, 0.1) is 6.92 Å². The fourth-order valence-electron chi connectivity index (χ4n) is 2.09. The first-order chi connectivity index (χ1) is 11.1. The molecule has 0 aliphatic rings. The predicted octanol–water partition coefficient (Wildman–Crippen LogP) is 3.22. The Morgan fingerprint density at radius 1 is 1.20 bits per heavy atom. The maximum atomic E-state index is 12.2. The third kappa shape index (κ3) is 7.94. The smallest absolute Gasteiger partial charge is 0.193 e. The van der Waals surface area contributed by atoms with Gasteiger partial charge in [-0.1, -0.05) is 29.8 Å². The second-order valence-electron chi connectivity index (χ2n) is 7.01. The van der Waals surface area contributed by atoms with Crippen molar-refractivity contribution in [2.75, 3.05) is 25.9 Å². The molecule has 5 nitrogen and oxygen atoms in total. The number of hydrogen-bond donors (Lipinski definition) is 1. The van der Waals surface area contributed by atoms with E-state index >= 15 is 0 Å². The molecule has 0 saturated heterocycles. The maximum Gasteiger partial charge on any atom is 0.193 e. The molecule has 0 aliphatic carbocycles. The molecule has 7 heteroatoms. The molecule has 0 radical (unpaired) electrons. The van der Waals surface area contributed by atoms with Crippen molar-refractivity contribution >= 4 is 39.8 Å². The molecular formula is C18H32IN3O2S. The molecule has 0 spiro atoms. The number of benzene rings is 1. The summed E-state index contributed by atoms with van der Waals surface area (Å²) >= 11 is 0. The van der Waals surface area contributed by atoms with E-state index in [2.05, 4.69) is 41.5 Å². The number of nitrogens with one attached hydrogen (secondary N) is 1. The van der Waals surface area contributed by atoms with E-state index in [0.29, 0.717) is 0 Å². The first-order valence-corrected chi connectivity index (χ1v) is 9.99. The minimum Gasteiger partial charge on any atom is -0.357 e. The quantitative estimate of drug-likeness (QED) is 0.385. The van der Waals surface area contributed by atoms with Crippen molar-refractivity contribution in [1.29, 1.82) is 0 Å². The highest BCUT2D eigenvalue weighted by molar-refractivity contribution is 14.0. The summed E-state index contributed by atoms with van der Waals surface area (Å²) in [5, 5.41) is 3.22. The highest BCUT2D eigenvalue weighted by Crippen LogP contribution is 2.15. The second-order valence-corrected chi connectivity index (χ2v) is 9.87. The molecule has 0 amide bonds. The minimum absolute atomic E-state index is 0. The average Bonchev–Trinajstić information content (AvgIpc) is 2.47. The van der Waals surface area contributed by atoms with Crippen LogP contribution in [0.1, 0.15) is 38.8 Å². The van der Waals surface area contributed by atoms with Crippen LogP contribution >= 0.6 is 24.0 Å². The van der Waals surface area contributed by atoms with Crippen LogP contribution in [0.25, 0.3) is 0 Å². The number of halogens is 1. The molecule has 1 aromatic rings. The van der Waals surface area contributed by atoms with E-state index in [1.807, 2.05) is 18.9 Å². The van der Waals surface area contributed by atoms with E-state index in [4.69, 9.17) is 0 Å². The van der Waals surface area contributed by atoms with Gasteiger partial charge in [-0.2, -0.15) is 0 Å². The van der Waals surface area contributed by atoms with Crippen LogP contribution in [0.3, 0.4) is 0 Å². The van der Waals surface area contributed by atoms with E-state index in [0.717, 1.165) is 19.0 Å². The Balaban J connectivity index is 0.00000576. The summed E-state index contributed by atoms with van der Waals surface area (Å²) in [6.07, 6.45) is 0. The molecule has 0 heterocycles. The molecule has 0 aromatic heterocycles. The van der Waals surface area contributed by atoms with Crippen molar-refractivity contribution in [3.8, 4) is 0 Å². The van der Waals surface area contributed by atoms with Crippen LogP contribution in [-0.4, -0.2) is 49.9 Å². The van der Waals surface area contributed by atoms with Crippen molar-refractivity contribution < 1.29 is 8.42 Å². The minimum atomic E-state index is -3.15. The third-order valence-corrected chi connectivity index (χ3v) is 6.38. The van der Waals surface area contributed by atoms with Crippen LogP contribution in [0.5, 0.6) is 0 Å². The topological polar surface area (TPSA) is 61.8 Å². The van der Waals surface area contributed by atoms with E-state index in [1.54, 1.807) is 20.8 Å². The number of aryl methyl sites for hydroxylation is 1. The molecule has 1 rings (SSSR count). The van der Waals surface area contributed by atoms with Crippen molar-refractivity contribution in [2.45, 2.75) is 45.9 Å². The highest BCUT2D eigenvalue weighted by atomic mass is 127. The summed E-state index contributed by atoms with van der Waals surface area (Å²) in [7, 11) is -1.19. The maximum absolute atomic E-state index is 12.2. The monoisotopic (exact) mass is 481 g/mol. The van der Waals surface area contributed by atoms with Crippen LogP contribution < -0.4 is 5.32 Å². The van der Waals surface area contributed by atoms with Crippen LogP contribution in [-0.2, 0) is 16.4 Å². The van der Waals surface area contributed by atoms with E-state index in [-0.39, 0.29) is 36.3 Å². The van der Waals surface area contributed by atoms with Gasteiger partial charge in [0, 0.05) is 20.1 Å². The zero-order valence-electron chi connectivity index (χ0n) is 16.2. The lowest BCUT2D eigenvalue weighted by atomic mass is 10.1. The summed E-state index contributed by atoms with van der Waals surface area (Å²) in [5.74, 6) is 0.784. The van der Waals surface area contributed by atoms with Crippen molar-refractivity contribution in [3.63, 3.8) is 0 Å². The Bertz CT molecular complexity index is 650. The summed E-state index contributed by atoms with van der Waals surface area (Å²) in [6, 6.07) is 8.37. The molecule has 0 atom stereocenters. The predicted molar refractivity (Wildman–Crippen MR) is 118 cm³/mol. The van der Waals surface area contributed by atoms with Gasteiger partial charge in [0.25, 0.3) is 0 Å². The highest BCUT2D eigenvalue weighted by Gasteiger charge is 2.28. The van der Waals surface area contributed by atoms with Crippen molar-refractivity contribution in [3.05, 3.63) is 35.4 Å². The lowest BCUT2D eigenvalue weighted by Gasteiger charge is -2.23. The molecule has 0 unspecified atom stereocenters. The van der Waals surface area contributed by atoms with Gasteiger partial charge in [0.1, 0.15) is 0 Å². The van der Waals surface area contributed by atoms with Gasteiger partial charge >= 0.3 is 0 Å². The fourth-order valence-corrected chi connectivity index (χ4v) is 3.03. The fraction of sp³-hybridized carbons (Fsp3) is 0.611. The summed E-state index contributed by atoms with van der Waals surface area (Å²) in [4.78, 5) is 6.49. The average molecular weight is 481 g/mol. The number of sulfone groups is 1. The normalized spacial score (nSPS) is 12.5. The van der Waals surface area contributed by atoms with Crippen molar-refractivity contribution in [1.82, 2.24) is 10.2 Å². The van der Waals surface area contributed by atoms with Crippen LogP contribution in [0.15, 0.2) is 29.3 Å². The van der Waals surface area contributed by atoms with Crippen molar-refractivity contribution in [2.24, 2.45) is 4.99 Å². The zero-order valence-corrected chi connectivity index (χ0v) is 19.3. The van der Waals surface area contributed by atoms with Gasteiger partial charge < -0.3 is 10.2 Å². The number of nitrogens with zero attached hydrogens (tertiary/aromatic N) is 2. The number of rotatable bonds is 6. The molecule has 1 aromatic carbocycles. The van der Waals surface area contributed by atoms with E-state index in [9.17, 15) is 8.42 Å². The van der Waals surface area contributed by atoms with Gasteiger partial charge in [-0.05, 0) is 40.2 Å². The molecule has 0 aliphatic heterocycles. The summed E-state index contributed by atoms with van der Waals surface area (Å²) in [6.45, 7) is 11.0. The molecule has 25 heavy (non-hydrogen) atoms. The Kier molecular flexibility index (Phi) is 10.0. The molecule has 0 bridgehead atoms. The summed E-state index contributed by atoms with van der Waals surface area (Å²) < 4.78 is 23.6. The van der Waals surface area contributed by atoms with Gasteiger partial charge in [-0.15, -0.1) is 24.0 Å². The number of aliphatic imine (C=N–C) groups is 1. The SMILES string of the molecule is CCNC(=NCCS(=O)(=O)C(C)(C)C)N(C)Cc1ccc(C)cc1.I. The van der Waals surface area contributed by atoms with E-state index in [1.165, 1.54) is 11.1 Å². The Labute approximate surface area is 170 Å². The molecule has 0 saturated carbocycles. The van der Waals surface area contributed by atoms with Crippen LogP contribution in [0.2, 0.25) is 0 Å². The van der Waals surface area contributed by atoms with Crippen LogP contribution in [0.4, 0.5) is 0 Å². The number of hydrogen-bond acceptors (Lipinski definition) is 3. The lowest BCUT2D eigenvalue weighted by Crippen LogP contribution is -2.39. The van der Waals surface area contributed by atoms with Gasteiger partial charge in [-0.3, -0.25) is 4.99 Å². The Hall–Kier alpha value is -0.830. The lowest BCUT2D eigenvalue weighted by molar-refractivity contribution is 0.477. The molecule has 0 fully saturated rings. The zero-order chi connectivity index (χ0) is 18.4. The van der Waals surface area contributed by atoms with Gasteiger partial charge in [0.2, 0.25) is 0 Å². The van der Waals surface area contributed by atoms with E-state index < -0.39 is 14.6 Å². The molecular weight excluding hydrogens is 449 g/mol. The van der Waals surface area contributed by atoms with Gasteiger partial charge in [0.05, 0.1) is 17.0 Å². The number of guanidine groups is 1. The summed E-state index contributed by atoms with van der Waals surface area (Å²) in [5.41, 5.74) is 2.42. The first-order valence-electron chi connectivity index (χ1n) is 8.34. The second kappa shape index (κ2) is 10.4. The largest absolute Gasteiger partial charge is 0.357 e. The Morgan fingerprint density at radius 2 is 1.76 bits per heavy atom. The standard InChI is InChI=1S/C18H31N3O2S.HI/c1-7-19-17(20-12-13-24(22,23)18(3,4)5)21(6)14-16-10-8-15(2)9-11-16;/h8-11H,7,12-14H2,1-6H3,(H,19,20);1H. The van der Waals surface area contributed by atoms with Gasteiger partial charge in [-0.25, -0.2) is 8.42 Å². The first kappa shape index (κ1) is 24.2. The third-order valence-electron chi connectivity index (χ3n) is 3.79. The molecule has 144 valence electrons. The molecule has 1 N–H and O–H groups in total. The van der Waals surface area contributed by atoms with Gasteiger partial charge in [0.15, 0.2) is 15.8 Å².